The van der Waals surface area contributed by atoms with Crippen LogP contribution in [-0.2, 0) is 11.2 Å². The van der Waals surface area contributed by atoms with Crippen molar-refractivity contribution in [2.45, 2.75) is 43.9 Å². The molecule has 3 N–H and O–H groups in total. The van der Waals surface area contributed by atoms with Crippen molar-refractivity contribution in [2.75, 3.05) is 12.8 Å². The summed E-state index contributed by atoms with van der Waals surface area (Å²) in [7, 11) is 2.04. The minimum absolute atomic E-state index is 0.464. The monoisotopic (exact) mass is 247 g/mol. The molecule has 3 heterocycles. The van der Waals surface area contributed by atoms with Crippen LogP contribution in [0.1, 0.15) is 24.8 Å². The lowest BCUT2D eigenvalue weighted by atomic mass is 9.81. The summed E-state index contributed by atoms with van der Waals surface area (Å²) >= 11 is 0. The Labute approximate surface area is 108 Å². The fraction of sp³-hybridized carbons (Fsp3) is 0.643. The van der Waals surface area contributed by atoms with Gasteiger partial charge in [0.05, 0.1) is 12.2 Å². The van der Waals surface area contributed by atoms with E-state index in [2.05, 4.69) is 16.4 Å². The molecule has 2 saturated heterocycles. The third-order valence-electron chi connectivity index (χ3n) is 4.34. The highest BCUT2D eigenvalue weighted by Crippen LogP contribution is 2.40. The molecule has 1 aromatic heterocycles. The summed E-state index contributed by atoms with van der Waals surface area (Å²) in [6, 6.07) is 4.50. The lowest BCUT2D eigenvalue weighted by Gasteiger charge is -2.28. The predicted molar refractivity (Wildman–Crippen MR) is 71.2 cm³/mol. The molecule has 0 spiro atoms. The van der Waals surface area contributed by atoms with Gasteiger partial charge in [-0.1, -0.05) is 0 Å². The van der Waals surface area contributed by atoms with Crippen LogP contribution in [0.2, 0.25) is 0 Å². The first-order valence-electron chi connectivity index (χ1n) is 6.79. The van der Waals surface area contributed by atoms with Crippen LogP contribution in [0.15, 0.2) is 18.3 Å². The van der Waals surface area contributed by atoms with Gasteiger partial charge in [-0.25, -0.2) is 4.98 Å². The first-order chi connectivity index (χ1) is 8.76. The summed E-state index contributed by atoms with van der Waals surface area (Å²) < 4.78 is 5.95. The average Bonchev–Trinajstić information content (AvgIpc) is 2.98. The number of rotatable bonds is 4. The third kappa shape index (κ3) is 2.22. The van der Waals surface area contributed by atoms with E-state index >= 15 is 0 Å². The molecule has 1 aromatic rings. The predicted octanol–water partition coefficient (Wildman–Crippen LogP) is 1.36. The zero-order chi connectivity index (χ0) is 12.5. The number of nitrogens with zero attached hydrogens (tertiary/aromatic N) is 1. The van der Waals surface area contributed by atoms with Crippen molar-refractivity contribution in [2.24, 2.45) is 5.92 Å². The van der Waals surface area contributed by atoms with Crippen LogP contribution in [0.4, 0.5) is 5.82 Å². The van der Waals surface area contributed by atoms with E-state index in [1.165, 1.54) is 24.8 Å². The van der Waals surface area contributed by atoms with Gasteiger partial charge < -0.3 is 15.8 Å². The molecular formula is C14H21N3O. The Bertz CT molecular complexity index is 423. The Hall–Kier alpha value is -1.13. The van der Waals surface area contributed by atoms with Crippen molar-refractivity contribution >= 4 is 5.82 Å². The molecule has 0 amide bonds. The van der Waals surface area contributed by atoms with Crippen molar-refractivity contribution in [3.05, 3.63) is 23.9 Å². The summed E-state index contributed by atoms with van der Waals surface area (Å²) in [4.78, 5) is 4.04. The van der Waals surface area contributed by atoms with Gasteiger partial charge in [-0.05, 0) is 50.4 Å². The number of fused-ring (bicyclic) bond motifs is 2. The second kappa shape index (κ2) is 4.86. The third-order valence-corrected chi connectivity index (χ3v) is 4.34. The highest BCUT2D eigenvalue weighted by atomic mass is 16.5. The lowest BCUT2D eigenvalue weighted by Crippen LogP contribution is -2.40. The number of nitrogens with one attached hydrogen (secondary N) is 1. The second-order valence-electron chi connectivity index (χ2n) is 5.46. The number of likely N-dealkylation sites (N-methyl/N-ethyl adjacent to an activating group) is 1. The Morgan fingerprint density at radius 2 is 2.44 bits per heavy atom. The summed E-state index contributed by atoms with van der Waals surface area (Å²) in [6.07, 6.45) is 7.45. The van der Waals surface area contributed by atoms with Crippen LogP contribution >= 0.6 is 0 Å². The molecule has 0 radical (unpaired) electrons. The molecule has 0 saturated carbocycles. The number of aromatic nitrogens is 1. The summed E-state index contributed by atoms with van der Waals surface area (Å²) in [5, 5.41) is 3.46. The zero-order valence-electron chi connectivity index (χ0n) is 10.8. The molecular weight excluding hydrogens is 226 g/mol. The number of hydrogen-bond donors (Lipinski definition) is 2. The van der Waals surface area contributed by atoms with Crippen LogP contribution in [-0.4, -0.2) is 30.3 Å². The number of nitrogen functional groups attached to an aromatic ring is 1. The largest absolute Gasteiger partial charge is 0.384 e. The fourth-order valence-corrected chi connectivity index (χ4v) is 3.44. The lowest BCUT2D eigenvalue weighted by molar-refractivity contribution is 0.0863. The smallest absolute Gasteiger partial charge is 0.123 e. The quantitative estimate of drug-likeness (QED) is 0.843. The minimum Gasteiger partial charge on any atom is -0.384 e. The van der Waals surface area contributed by atoms with E-state index in [9.17, 15) is 0 Å². The van der Waals surface area contributed by atoms with Gasteiger partial charge in [0.15, 0.2) is 0 Å². The van der Waals surface area contributed by atoms with Gasteiger partial charge in [0.1, 0.15) is 5.82 Å². The normalized spacial score (nSPS) is 31.7. The number of pyridine rings is 1. The summed E-state index contributed by atoms with van der Waals surface area (Å²) in [6.45, 7) is 0. The van der Waals surface area contributed by atoms with Gasteiger partial charge in [-0.15, -0.1) is 0 Å². The molecule has 18 heavy (non-hydrogen) atoms. The Morgan fingerprint density at radius 1 is 1.56 bits per heavy atom. The first kappa shape index (κ1) is 11.9. The molecule has 0 aliphatic carbocycles. The maximum absolute atomic E-state index is 5.95. The van der Waals surface area contributed by atoms with Gasteiger partial charge in [0, 0.05) is 18.2 Å². The standard InChI is InChI=1S/C14H21N3O/c1-16-12(6-9-4-5-17-14(15)7-9)11-8-10-2-3-13(11)18-10/h4-5,7,10-13,16H,2-3,6,8H2,1H3,(H2,15,17). The molecule has 4 unspecified atom stereocenters. The fourth-order valence-electron chi connectivity index (χ4n) is 3.44. The van der Waals surface area contributed by atoms with E-state index < -0.39 is 0 Å². The van der Waals surface area contributed by atoms with Crippen LogP contribution < -0.4 is 11.1 Å². The molecule has 4 heteroatoms. The summed E-state index contributed by atoms with van der Waals surface area (Å²) in [5.74, 6) is 1.25. The van der Waals surface area contributed by atoms with Crippen LogP contribution in [0.3, 0.4) is 0 Å². The topological polar surface area (TPSA) is 60.2 Å². The van der Waals surface area contributed by atoms with Crippen molar-refractivity contribution in [1.82, 2.24) is 10.3 Å². The maximum atomic E-state index is 5.95. The highest BCUT2D eigenvalue weighted by Gasteiger charge is 2.43. The molecule has 98 valence electrons. The Balaban J connectivity index is 1.69. The second-order valence-corrected chi connectivity index (χ2v) is 5.46. The van der Waals surface area contributed by atoms with Crippen LogP contribution in [0.25, 0.3) is 0 Å². The summed E-state index contributed by atoms with van der Waals surface area (Å²) in [5.41, 5.74) is 6.99. The van der Waals surface area contributed by atoms with Gasteiger partial charge in [0.2, 0.25) is 0 Å². The SMILES string of the molecule is CNC(Cc1ccnc(N)c1)C1CC2CCC1O2. The number of ether oxygens (including phenoxy) is 1. The van der Waals surface area contributed by atoms with E-state index in [0.29, 0.717) is 30.0 Å². The number of hydrogen-bond acceptors (Lipinski definition) is 4. The average molecular weight is 247 g/mol. The van der Waals surface area contributed by atoms with E-state index in [1.54, 1.807) is 6.20 Å². The number of nitrogens with two attached hydrogens (primary N) is 1. The Kier molecular flexibility index (Phi) is 3.22. The Morgan fingerprint density at radius 3 is 3.06 bits per heavy atom. The van der Waals surface area contributed by atoms with Crippen molar-refractivity contribution in [3.8, 4) is 0 Å². The molecule has 2 aliphatic heterocycles. The van der Waals surface area contributed by atoms with E-state index in [-0.39, 0.29) is 0 Å². The van der Waals surface area contributed by atoms with Crippen molar-refractivity contribution in [3.63, 3.8) is 0 Å². The molecule has 2 fully saturated rings. The zero-order valence-corrected chi connectivity index (χ0v) is 10.8. The first-order valence-corrected chi connectivity index (χ1v) is 6.79. The van der Waals surface area contributed by atoms with Gasteiger partial charge in [-0.2, -0.15) is 0 Å². The molecule has 4 atom stereocenters. The van der Waals surface area contributed by atoms with E-state index in [1.807, 2.05) is 13.1 Å². The highest BCUT2D eigenvalue weighted by molar-refractivity contribution is 5.32. The van der Waals surface area contributed by atoms with E-state index in [4.69, 9.17) is 10.5 Å². The van der Waals surface area contributed by atoms with Crippen molar-refractivity contribution in [1.29, 1.82) is 0 Å². The molecule has 4 nitrogen and oxygen atoms in total. The van der Waals surface area contributed by atoms with Gasteiger partial charge in [-0.3, -0.25) is 0 Å². The van der Waals surface area contributed by atoms with Crippen LogP contribution in [0, 0.1) is 5.92 Å². The number of anilines is 1. The van der Waals surface area contributed by atoms with Crippen LogP contribution in [0.5, 0.6) is 0 Å². The minimum atomic E-state index is 0.464. The van der Waals surface area contributed by atoms with Crippen molar-refractivity contribution < 1.29 is 4.74 Å². The van der Waals surface area contributed by atoms with Gasteiger partial charge >= 0.3 is 0 Å². The maximum Gasteiger partial charge on any atom is 0.123 e. The van der Waals surface area contributed by atoms with Gasteiger partial charge in [0.25, 0.3) is 0 Å². The molecule has 0 aromatic carbocycles. The molecule has 2 aliphatic rings. The van der Waals surface area contributed by atoms with E-state index in [0.717, 1.165) is 6.42 Å². The molecule has 2 bridgehead atoms. The molecule has 3 rings (SSSR count).